The minimum Gasteiger partial charge on any atom is -0.352 e. The van der Waals surface area contributed by atoms with Gasteiger partial charge in [-0.3, -0.25) is 14.5 Å². The molecule has 3 rings (SSSR count). The number of hydrogen-bond acceptors (Lipinski definition) is 4. The minimum atomic E-state index is -0.0405. The topological polar surface area (TPSA) is 55.9 Å². The van der Waals surface area contributed by atoms with E-state index in [1.807, 2.05) is 30.3 Å². The maximum atomic E-state index is 13.0. The summed E-state index contributed by atoms with van der Waals surface area (Å²) in [4.78, 5) is 32.0. The number of hydrogen-bond donors (Lipinski definition) is 1. The molecular formula is C23H36N4O2. The molecule has 1 N–H and O–H groups in total. The predicted molar refractivity (Wildman–Crippen MR) is 116 cm³/mol. The van der Waals surface area contributed by atoms with Crippen molar-refractivity contribution in [1.29, 1.82) is 0 Å². The first kappa shape index (κ1) is 21.8. The molecule has 160 valence electrons. The fourth-order valence-electron chi connectivity index (χ4n) is 4.54. The van der Waals surface area contributed by atoms with Crippen LogP contribution in [-0.2, 0) is 4.79 Å². The molecule has 0 radical (unpaired) electrons. The van der Waals surface area contributed by atoms with Gasteiger partial charge in [0, 0.05) is 30.7 Å². The summed E-state index contributed by atoms with van der Waals surface area (Å²) in [5.74, 6) is 0.201. The third-order valence-electron chi connectivity index (χ3n) is 6.44. The SMILES string of the molecule is CN1CCC(N(C)CC(=O)N2CCCCC2CCNC(=O)c2ccccc2)CC1. The van der Waals surface area contributed by atoms with Gasteiger partial charge in [0.15, 0.2) is 0 Å². The molecule has 1 aromatic carbocycles. The van der Waals surface area contributed by atoms with Crippen molar-refractivity contribution in [3.8, 4) is 0 Å². The van der Waals surface area contributed by atoms with Crippen LogP contribution in [0, 0.1) is 0 Å². The standard InChI is InChI=1S/C23H36N4O2/c1-25-16-12-20(13-17-25)26(2)18-22(28)27-15-7-6-10-21(27)11-14-24-23(29)19-8-4-3-5-9-19/h3-5,8-9,20-21H,6-7,10-18H2,1-2H3,(H,24,29). The molecule has 1 aromatic rings. The van der Waals surface area contributed by atoms with Gasteiger partial charge in [-0.1, -0.05) is 18.2 Å². The Bertz CT molecular complexity index is 658. The molecule has 29 heavy (non-hydrogen) atoms. The zero-order chi connectivity index (χ0) is 20.6. The predicted octanol–water partition coefficient (Wildman–Crippen LogP) is 2.21. The first-order chi connectivity index (χ1) is 14.0. The van der Waals surface area contributed by atoms with Crippen molar-refractivity contribution in [2.24, 2.45) is 0 Å². The van der Waals surface area contributed by atoms with Crippen LogP contribution in [0.2, 0.25) is 0 Å². The van der Waals surface area contributed by atoms with E-state index >= 15 is 0 Å². The molecule has 1 unspecified atom stereocenters. The monoisotopic (exact) mass is 400 g/mol. The molecule has 2 fully saturated rings. The second-order valence-corrected chi connectivity index (χ2v) is 8.60. The van der Waals surface area contributed by atoms with Crippen molar-refractivity contribution in [2.75, 3.05) is 46.8 Å². The van der Waals surface area contributed by atoms with Crippen LogP contribution in [0.3, 0.4) is 0 Å². The fraction of sp³-hybridized carbons (Fsp3) is 0.652. The number of likely N-dealkylation sites (tertiary alicyclic amines) is 2. The summed E-state index contributed by atoms with van der Waals surface area (Å²) in [6.45, 7) is 4.17. The average molecular weight is 401 g/mol. The van der Waals surface area contributed by atoms with E-state index < -0.39 is 0 Å². The Labute approximate surface area is 175 Å². The van der Waals surface area contributed by atoms with Crippen LogP contribution in [-0.4, -0.2) is 85.4 Å². The number of nitrogens with zero attached hydrogens (tertiary/aromatic N) is 3. The molecule has 2 aliphatic rings. The third kappa shape index (κ3) is 6.28. The normalized spacial score (nSPS) is 21.3. The maximum absolute atomic E-state index is 13.0. The van der Waals surface area contributed by atoms with Gasteiger partial charge in [0.2, 0.25) is 5.91 Å². The zero-order valence-electron chi connectivity index (χ0n) is 18.0. The molecule has 6 heteroatoms. The molecule has 2 saturated heterocycles. The number of carbonyl (C=O) groups is 2. The Morgan fingerprint density at radius 3 is 2.52 bits per heavy atom. The fourth-order valence-corrected chi connectivity index (χ4v) is 4.54. The minimum absolute atomic E-state index is 0.0405. The van der Waals surface area contributed by atoms with Crippen LogP contribution in [0.5, 0.6) is 0 Å². The first-order valence-electron chi connectivity index (χ1n) is 11.1. The van der Waals surface area contributed by atoms with Crippen LogP contribution < -0.4 is 5.32 Å². The summed E-state index contributed by atoms with van der Waals surface area (Å²) < 4.78 is 0. The molecule has 6 nitrogen and oxygen atoms in total. The lowest BCUT2D eigenvalue weighted by Gasteiger charge is -2.39. The lowest BCUT2D eigenvalue weighted by molar-refractivity contribution is -0.136. The van der Waals surface area contributed by atoms with E-state index in [2.05, 4.69) is 34.1 Å². The van der Waals surface area contributed by atoms with Gasteiger partial charge in [0.25, 0.3) is 5.91 Å². The van der Waals surface area contributed by atoms with Crippen molar-refractivity contribution in [3.05, 3.63) is 35.9 Å². The smallest absolute Gasteiger partial charge is 0.251 e. The van der Waals surface area contributed by atoms with E-state index in [9.17, 15) is 9.59 Å². The van der Waals surface area contributed by atoms with E-state index in [4.69, 9.17) is 0 Å². The largest absolute Gasteiger partial charge is 0.352 e. The second kappa shape index (κ2) is 10.7. The Morgan fingerprint density at radius 1 is 1.07 bits per heavy atom. The van der Waals surface area contributed by atoms with Gasteiger partial charge >= 0.3 is 0 Å². The van der Waals surface area contributed by atoms with Gasteiger partial charge in [0.05, 0.1) is 6.54 Å². The highest BCUT2D eigenvalue weighted by molar-refractivity contribution is 5.94. The lowest BCUT2D eigenvalue weighted by Crippen LogP contribution is -2.51. The van der Waals surface area contributed by atoms with Gasteiger partial charge in [-0.2, -0.15) is 0 Å². The zero-order valence-corrected chi connectivity index (χ0v) is 18.0. The number of carbonyl (C=O) groups excluding carboxylic acids is 2. The summed E-state index contributed by atoms with van der Waals surface area (Å²) in [6, 6.07) is 10.0. The van der Waals surface area contributed by atoms with Crippen molar-refractivity contribution < 1.29 is 9.59 Å². The van der Waals surface area contributed by atoms with Crippen LogP contribution in [0.1, 0.15) is 48.9 Å². The maximum Gasteiger partial charge on any atom is 0.251 e. The number of piperidine rings is 2. The first-order valence-corrected chi connectivity index (χ1v) is 11.1. The Balaban J connectivity index is 1.47. The third-order valence-corrected chi connectivity index (χ3v) is 6.44. The van der Waals surface area contributed by atoms with Crippen molar-refractivity contribution in [3.63, 3.8) is 0 Å². The molecule has 2 heterocycles. The van der Waals surface area contributed by atoms with Crippen molar-refractivity contribution in [1.82, 2.24) is 20.0 Å². The van der Waals surface area contributed by atoms with Crippen LogP contribution >= 0.6 is 0 Å². The van der Waals surface area contributed by atoms with E-state index in [1.165, 1.54) is 0 Å². The molecule has 0 aromatic heterocycles. The summed E-state index contributed by atoms with van der Waals surface area (Å²) in [6.07, 6.45) is 6.36. The van der Waals surface area contributed by atoms with E-state index in [1.54, 1.807) is 0 Å². The average Bonchev–Trinajstić information content (AvgIpc) is 2.75. The van der Waals surface area contributed by atoms with Crippen LogP contribution in [0.25, 0.3) is 0 Å². The molecule has 2 amide bonds. The summed E-state index contributed by atoms with van der Waals surface area (Å²) >= 11 is 0. The molecule has 0 aliphatic carbocycles. The van der Waals surface area contributed by atoms with Crippen molar-refractivity contribution >= 4 is 11.8 Å². The van der Waals surface area contributed by atoms with Gasteiger partial charge < -0.3 is 15.1 Å². The summed E-state index contributed by atoms with van der Waals surface area (Å²) in [5, 5.41) is 3.01. The Kier molecular flexibility index (Phi) is 8.07. The quantitative estimate of drug-likeness (QED) is 0.763. The molecule has 0 spiro atoms. The Morgan fingerprint density at radius 2 is 1.79 bits per heavy atom. The molecule has 1 atom stereocenters. The summed E-state index contributed by atoms with van der Waals surface area (Å²) in [7, 11) is 4.25. The van der Waals surface area contributed by atoms with Crippen molar-refractivity contribution in [2.45, 2.75) is 50.6 Å². The number of amides is 2. The van der Waals surface area contributed by atoms with Crippen LogP contribution in [0.15, 0.2) is 30.3 Å². The summed E-state index contributed by atoms with van der Waals surface area (Å²) in [5.41, 5.74) is 0.684. The number of nitrogens with one attached hydrogen (secondary N) is 1. The number of likely N-dealkylation sites (N-methyl/N-ethyl adjacent to an activating group) is 1. The number of benzene rings is 1. The second-order valence-electron chi connectivity index (χ2n) is 8.60. The molecule has 0 saturated carbocycles. The highest BCUT2D eigenvalue weighted by Gasteiger charge is 2.29. The molecular weight excluding hydrogens is 364 g/mol. The van der Waals surface area contributed by atoms with Gasteiger partial charge in [-0.15, -0.1) is 0 Å². The molecule has 2 aliphatic heterocycles. The lowest BCUT2D eigenvalue weighted by atomic mass is 9.98. The van der Waals surface area contributed by atoms with Gasteiger partial charge in [0.1, 0.15) is 0 Å². The Hall–Kier alpha value is -1.92. The van der Waals surface area contributed by atoms with Crippen LogP contribution in [0.4, 0.5) is 0 Å². The molecule has 0 bridgehead atoms. The van der Waals surface area contributed by atoms with E-state index in [0.717, 1.165) is 58.2 Å². The number of rotatable bonds is 7. The van der Waals surface area contributed by atoms with Gasteiger partial charge in [-0.05, 0) is 77.8 Å². The van der Waals surface area contributed by atoms with E-state index in [-0.39, 0.29) is 17.9 Å². The van der Waals surface area contributed by atoms with Gasteiger partial charge in [-0.25, -0.2) is 0 Å². The highest BCUT2D eigenvalue weighted by atomic mass is 16.2. The van der Waals surface area contributed by atoms with E-state index in [0.29, 0.717) is 24.7 Å². The highest BCUT2D eigenvalue weighted by Crippen LogP contribution is 2.21.